The number of nitrogens with zero attached hydrogens (tertiary/aromatic N) is 4. The highest BCUT2D eigenvalue weighted by atomic mass is 32.2. The molecule has 0 saturated carbocycles. The van der Waals surface area contributed by atoms with Gasteiger partial charge in [0.15, 0.2) is 0 Å². The van der Waals surface area contributed by atoms with E-state index in [9.17, 15) is 8.42 Å². The lowest BCUT2D eigenvalue weighted by Crippen LogP contribution is -2.26. The Morgan fingerprint density at radius 3 is 2.64 bits per heavy atom. The van der Waals surface area contributed by atoms with E-state index >= 15 is 0 Å². The van der Waals surface area contributed by atoms with Crippen molar-refractivity contribution in [3.05, 3.63) is 59.8 Å². The molecule has 0 spiro atoms. The third-order valence-electron chi connectivity index (χ3n) is 6.29. The number of methoxy groups -OCH3 is 1. The van der Waals surface area contributed by atoms with E-state index in [1.165, 1.54) is 29.5 Å². The fourth-order valence-corrected chi connectivity index (χ4v) is 5.37. The predicted molar refractivity (Wildman–Crippen MR) is 141 cm³/mol. The van der Waals surface area contributed by atoms with Crippen LogP contribution in [-0.2, 0) is 23.0 Å². The van der Waals surface area contributed by atoms with Gasteiger partial charge in [0.2, 0.25) is 16.0 Å². The van der Waals surface area contributed by atoms with Gasteiger partial charge in [-0.05, 0) is 54.9 Å². The highest BCUT2D eigenvalue weighted by Crippen LogP contribution is 2.34. The molecule has 3 N–H and O–H groups in total. The Bertz CT molecular complexity index is 1530. The van der Waals surface area contributed by atoms with Gasteiger partial charge < -0.3 is 25.3 Å². The van der Waals surface area contributed by atoms with Gasteiger partial charge in [0, 0.05) is 33.4 Å². The first-order chi connectivity index (χ1) is 17.3. The second-order valence-corrected chi connectivity index (χ2v) is 11.1. The monoisotopic (exact) mass is 507 g/mol. The zero-order valence-corrected chi connectivity index (χ0v) is 21.5. The van der Waals surface area contributed by atoms with Crippen LogP contribution in [-0.4, -0.2) is 67.4 Å². The molecule has 2 aromatic heterocycles. The number of likely N-dealkylation sites (N-methyl/N-ethyl adjacent to an activating group) is 1. The van der Waals surface area contributed by atoms with Crippen LogP contribution < -0.4 is 15.4 Å². The van der Waals surface area contributed by atoms with Gasteiger partial charge in [-0.1, -0.05) is 12.1 Å². The molecule has 11 heteroatoms. The van der Waals surface area contributed by atoms with Crippen molar-refractivity contribution in [3.8, 4) is 5.75 Å². The summed E-state index contributed by atoms with van der Waals surface area (Å²) in [4.78, 5) is 14.9. The van der Waals surface area contributed by atoms with Crippen LogP contribution in [0.5, 0.6) is 5.75 Å². The topological polar surface area (TPSA) is 115 Å². The summed E-state index contributed by atoms with van der Waals surface area (Å²) in [5.41, 5.74) is 4.31. The molecule has 2 aromatic carbocycles. The van der Waals surface area contributed by atoms with Crippen molar-refractivity contribution in [2.24, 2.45) is 0 Å². The van der Waals surface area contributed by atoms with Gasteiger partial charge in [0.05, 0.1) is 23.9 Å². The van der Waals surface area contributed by atoms with Gasteiger partial charge >= 0.3 is 0 Å². The second kappa shape index (κ2) is 9.41. The number of sulfonamides is 1. The molecule has 36 heavy (non-hydrogen) atoms. The first kappa shape index (κ1) is 24.0. The average Bonchev–Trinajstić information content (AvgIpc) is 3.33. The van der Waals surface area contributed by atoms with Gasteiger partial charge in [0.1, 0.15) is 22.1 Å². The van der Waals surface area contributed by atoms with Gasteiger partial charge in [-0.2, -0.15) is 9.97 Å². The molecule has 0 atom stereocenters. The van der Waals surface area contributed by atoms with Crippen LogP contribution in [0, 0.1) is 0 Å². The summed E-state index contributed by atoms with van der Waals surface area (Å²) >= 11 is 0. The second-order valence-electron chi connectivity index (χ2n) is 8.98. The Kier molecular flexibility index (Phi) is 6.29. The molecular weight excluding hydrogens is 478 g/mol. The first-order valence-electron chi connectivity index (χ1n) is 11.6. The van der Waals surface area contributed by atoms with E-state index in [-0.39, 0.29) is 4.90 Å². The third-order valence-corrected chi connectivity index (χ3v) is 8.16. The molecule has 0 radical (unpaired) electrons. The van der Waals surface area contributed by atoms with Gasteiger partial charge in [-0.3, -0.25) is 0 Å². The summed E-state index contributed by atoms with van der Waals surface area (Å²) in [5, 5.41) is 7.26. The summed E-state index contributed by atoms with van der Waals surface area (Å²) in [6, 6.07) is 12.8. The van der Waals surface area contributed by atoms with E-state index in [2.05, 4.69) is 44.7 Å². The molecule has 0 aliphatic carbocycles. The van der Waals surface area contributed by atoms with Crippen LogP contribution in [0.25, 0.3) is 11.0 Å². The number of ether oxygens (including phenoxy) is 1. The van der Waals surface area contributed by atoms with E-state index in [4.69, 9.17) is 9.72 Å². The molecule has 0 amide bonds. The number of benzene rings is 2. The highest BCUT2D eigenvalue weighted by molar-refractivity contribution is 7.89. The fraction of sp³-hybridized carbons (Fsp3) is 0.280. The maximum Gasteiger partial charge on any atom is 0.244 e. The summed E-state index contributed by atoms with van der Waals surface area (Å²) < 4.78 is 32.6. The molecule has 0 bridgehead atoms. The van der Waals surface area contributed by atoms with Crippen molar-refractivity contribution in [2.75, 3.05) is 45.4 Å². The summed E-state index contributed by atoms with van der Waals surface area (Å²) in [6.07, 6.45) is 2.72. The number of aromatic nitrogens is 3. The van der Waals surface area contributed by atoms with Crippen molar-refractivity contribution in [1.29, 1.82) is 0 Å². The van der Waals surface area contributed by atoms with Gasteiger partial charge in [0.25, 0.3) is 0 Å². The molecule has 10 nitrogen and oxygen atoms in total. The number of anilines is 4. The molecule has 5 rings (SSSR count). The van der Waals surface area contributed by atoms with Crippen LogP contribution in [0.15, 0.2) is 53.6 Å². The number of hydrogen-bond acceptors (Lipinski definition) is 8. The molecule has 1 aliphatic heterocycles. The third kappa shape index (κ3) is 4.48. The quantitative estimate of drug-likeness (QED) is 0.347. The van der Waals surface area contributed by atoms with Crippen molar-refractivity contribution in [2.45, 2.75) is 17.9 Å². The van der Waals surface area contributed by atoms with Gasteiger partial charge in [-0.15, -0.1) is 0 Å². The number of rotatable bonds is 7. The number of H-pyrrole nitrogens is 1. The minimum atomic E-state index is -3.66. The number of hydrogen-bond donors (Lipinski definition) is 3. The van der Waals surface area contributed by atoms with E-state index in [0.717, 1.165) is 30.6 Å². The largest absolute Gasteiger partial charge is 0.495 e. The maximum absolute atomic E-state index is 12.9. The Morgan fingerprint density at radius 2 is 1.86 bits per heavy atom. The van der Waals surface area contributed by atoms with Crippen LogP contribution in [0.2, 0.25) is 0 Å². The fourth-order valence-electron chi connectivity index (χ4n) is 4.33. The summed E-state index contributed by atoms with van der Waals surface area (Å²) in [7, 11) is 3.10. The van der Waals surface area contributed by atoms with Crippen LogP contribution >= 0.6 is 0 Å². The van der Waals surface area contributed by atoms with Crippen LogP contribution in [0.1, 0.15) is 11.1 Å². The standard InChI is InChI=1S/C25H29N7O3S/c1-31(2)36(33,34)22-8-6-5-7-19(22)27-24-18-9-11-26-23(18)29-25(30-24)28-20-13-16-10-12-32(3)15-17(16)14-21(20)35-4/h5-9,11,13-14H,10,12,15H2,1-4H3,(H3,26,27,28,29,30). The number of fused-ring (bicyclic) bond motifs is 2. The Balaban J connectivity index is 1.54. The van der Waals surface area contributed by atoms with Crippen LogP contribution in [0.3, 0.4) is 0 Å². The normalized spacial score (nSPS) is 14.1. The SMILES string of the molecule is COc1cc2c(cc1Nc1nc(Nc3ccccc3S(=O)(=O)N(C)C)c3cc[nH]c3n1)CCN(C)C2. The maximum atomic E-state index is 12.9. The summed E-state index contributed by atoms with van der Waals surface area (Å²) in [6.45, 7) is 1.87. The Hall–Kier alpha value is -3.67. The van der Waals surface area contributed by atoms with Crippen molar-refractivity contribution in [3.63, 3.8) is 0 Å². The lowest BCUT2D eigenvalue weighted by Gasteiger charge is -2.26. The minimum Gasteiger partial charge on any atom is -0.495 e. The molecule has 4 aromatic rings. The molecule has 0 unspecified atom stereocenters. The number of aromatic amines is 1. The van der Waals surface area contributed by atoms with Crippen molar-refractivity contribution < 1.29 is 13.2 Å². The van der Waals surface area contributed by atoms with E-state index in [0.29, 0.717) is 28.9 Å². The number of para-hydroxylation sites is 1. The molecular formula is C25H29N7O3S. The molecule has 3 heterocycles. The Labute approximate surface area is 210 Å². The first-order valence-corrected chi connectivity index (χ1v) is 13.0. The zero-order chi connectivity index (χ0) is 25.4. The Morgan fingerprint density at radius 1 is 1.06 bits per heavy atom. The van der Waals surface area contributed by atoms with Gasteiger partial charge in [-0.25, -0.2) is 12.7 Å². The van der Waals surface area contributed by atoms with E-state index < -0.39 is 10.0 Å². The van der Waals surface area contributed by atoms with E-state index in [1.54, 1.807) is 37.6 Å². The van der Waals surface area contributed by atoms with Crippen molar-refractivity contribution in [1.82, 2.24) is 24.2 Å². The minimum absolute atomic E-state index is 0.160. The lowest BCUT2D eigenvalue weighted by atomic mass is 9.99. The lowest BCUT2D eigenvalue weighted by molar-refractivity contribution is 0.311. The smallest absolute Gasteiger partial charge is 0.244 e. The highest BCUT2D eigenvalue weighted by Gasteiger charge is 2.22. The molecule has 1 aliphatic rings. The zero-order valence-electron chi connectivity index (χ0n) is 20.7. The molecule has 0 saturated heterocycles. The average molecular weight is 508 g/mol. The predicted octanol–water partition coefficient (Wildman–Crippen LogP) is 3.69. The number of nitrogens with one attached hydrogen (secondary N) is 3. The summed E-state index contributed by atoms with van der Waals surface area (Å²) in [5.74, 6) is 1.53. The molecule has 0 fully saturated rings. The van der Waals surface area contributed by atoms with Crippen molar-refractivity contribution >= 4 is 44.2 Å². The van der Waals surface area contributed by atoms with Crippen LogP contribution in [0.4, 0.5) is 23.1 Å². The van der Waals surface area contributed by atoms with E-state index in [1.807, 2.05) is 6.07 Å². The molecule has 188 valence electrons.